The van der Waals surface area contributed by atoms with Crippen LogP contribution in [0.3, 0.4) is 0 Å². The standard InChI is InChI=1S/C12H16ClN3O2S/c1-19-12-14-6-7(13)10(16-12)11(18)15-8-4-2-3-5-9(8)17/h6,8-9,17H,2-5H2,1H3,(H,15,18)/t8-,9-/m0/s1. The average molecular weight is 302 g/mol. The van der Waals surface area contributed by atoms with E-state index < -0.39 is 6.10 Å². The van der Waals surface area contributed by atoms with Crippen molar-refractivity contribution in [3.63, 3.8) is 0 Å². The Morgan fingerprint density at radius 3 is 2.95 bits per heavy atom. The van der Waals surface area contributed by atoms with Crippen molar-refractivity contribution in [2.75, 3.05) is 6.26 Å². The Hall–Kier alpha value is -0.850. The molecule has 5 nitrogen and oxygen atoms in total. The van der Waals surface area contributed by atoms with E-state index in [1.165, 1.54) is 18.0 Å². The van der Waals surface area contributed by atoms with Gasteiger partial charge >= 0.3 is 0 Å². The Labute approximate surface area is 121 Å². The first-order valence-corrected chi connectivity index (χ1v) is 7.77. The number of aliphatic hydroxyl groups excluding tert-OH is 1. The molecule has 0 unspecified atom stereocenters. The Bertz CT molecular complexity index is 472. The molecule has 1 amide bonds. The van der Waals surface area contributed by atoms with Crippen molar-refractivity contribution in [1.29, 1.82) is 0 Å². The van der Waals surface area contributed by atoms with Crippen LogP contribution < -0.4 is 5.32 Å². The minimum Gasteiger partial charge on any atom is -0.391 e. The molecule has 0 spiro atoms. The molecule has 0 aromatic carbocycles. The summed E-state index contributed by atoms with van der Waals surface area (Å²) in [6.07, 6.45) is 6.28. The van der Waals surface area contributed by atoms with Gasteiger partial charge in [-0.15, -0.1) is 0 Å². The van der Waals surface area contributed by atoms with Gasteiger partial charge in [-0.25, -0.2) is 9.97 Å². The third-order valence-electron chi connectivity index (χ3n) is 3.17. The van der Waals surface area contributed by atoms with E-state index in [4.69, 9.17) is 11.6 Å². The molecule has 0 radical (unpaired) electrons. The zero-order chi connectivity index (χ0) is 13.8. The van der Waals surface area contributed by atoms with Crippen LogP contribution in [0.15, 0.2) is 11.4 Å². The number of aromatic nitrogens is 2. The quantitative estimate of drug-likeness (QED) is 0.658. The van der Waals surface area contributed by atoms with Gasteiger partial charge in [0.25, 0.3) is 5.91 Å². The second-order valence-electron chi connectivity index (χ2n) is 4.49. The van der Waals surface area contributed by atoms with Crippen LogP contribution in [0, 0.1) is 0 Å². The number of rotatable bonds is 3. The molecular weight excluding hydrogens is 286 g/mol. The SMILES string of the molecule is CSc1ncc(Cl)c(C(=O)N[C@H]2CCCC[C@@H]2O)n1. The molecule has 1 saturated carbocycles. The van der Waals surface area contributed by atoms with E-state index in [0.717, 1.165) is 25.7 Å². The van der Waals surface area contributed by atoms with Crippen LogP contribution in [0.4, 0.5) is 0 Å². The van der Waals surface area contributed by atoms with Crippen LogP contribution in [0.1, 0.15) is 36.2 Å². The van der Waals surface area contributed by atoms with Crippen molar-refractivity contribution in [3.8, 4) is 0 Å². The van der Waals surface area contributed by atoms with Crippen LogP contribution in [-0.4, -0.2) is 39.4 Å². The summed E-state index contributed by atoms with van der Waals surface area (Å²) in [7, 11) is 0. The first kappa shape index (κ1) is 14.6. The number of hydrogen-bond donors (Lipinski definition) is 2. The average Bonchev–Trinajstić information content (AvgIpc) is 2.42. The Morgan fingerprint density at radius 1 is 1.53 bits per heavy atom. The van der Waals surface area contributed by atoms with Gasteiger partial charge in [0.1, 0.15) is 0 Å². The maximum Gasteiger partial charge on any atom is 0.271 e. The molecule has 7 heteroatoms. The number of hydrogen-bond acceptors (Lipinski definition) is 5. The van der Waals surface area contributed by atoms with Crippen LogP contribution in [0.2, 0.25) is 5.02 Å². The molecule has 2 N–H and O–H groups in total. The van der Waals surface area contributed by atoms with E-state index in [9.17, 15) is 9.90 Å². The largest absolute Gasteiger partial charge is 0.391 e. The summed E-state index contributed by atoms with van der Waals surface area (Å²) in [5.74, 6) is -0.353. The van der Waals surface area contributed by atoms with Gasteiger partial charge in [0.05, 0.1) is 23.4 Å². The van der Waals surface area contributed by atoms with Crippen LogP contribution >= 0.6 is 23.4 Å². The lowest BCUT2D eigenvalue weighted by molar-refractivity contribution is 0.0713. The molecule has 1 fully saturated rings. The molecule has 1 aliphatic rings. The van der Waals surface area contributed by atoms with Crippen molar-refractivity contribution in [2.24, 2.45) is 0 Å². The molecule has 1 heterocycles. The molecular formula is C12H16ClN3O2S. The molecule has 2 atom stereocenters. The highest BCUT2D eigenvalue weighted by Crippen LogP contribution is 2.20. The third-order valence-corrected chi connectivity index (χ3v) is 4.00. The van der Waals surface area contributed by atoms with Gasteiger partial charge in [-0.2, -0.15) is 0 Å². The van der Waals surface area contributed by atoms with Gasteiger partial charge in [0.15, 0.2) is 10.9 Å². The lowest BCUT2D eigenvalue weighted by atomic mass is 9.92. The van der Waals surface area contributed by atoms with E-state index >= 15 is 0 Å². The first-order chi connectivity index (χ1) is 9.11. The third kappa shape index (κ3) is 3.58. The van der Waals surface area contributed by atoms with E-state index in [1.54, 1.807) is 0 Å². The summed E-state index contributed by atoms with van der Waals surface area (Å²) in [5.41, 5.74) is 0.166. The Kier molecular flexibility index (Phi) is 5.01. The van der Waals surface area contributed by atoms with Crippen molar-refractivity contribution < 1.29 is 9.90 Å². The summed E-state index contributed by atoms with van der Waals surface area (Å²) in [5, 5.41) is 13.4. The number of carbonyl (C=O) groups is 1. The highest BCUT2D eigenvalue weighted by molar-refractivity contribution is 7.98. The Balaban J connectivity index is 2.10. The monoisotopic (exact) mass is 301 g/mol. The summed E-state index contributed by atoms with van der Waals surface area (Å²) < 4.78 is 0. The summed E-state index contributed by atoms with van der Waals surface area (Å²) in [4.78, 5) is 20.2. The summed E-state index contributed by atoms with van der Waals surface area (Å²) >= 11 is 7.29. The minimum absolute atomic E-state index is 0.166. The highest BCUT2D eigenvalue weighted by atomic mass is 35.5. The van der Waals surface area contributed by atoms with E-state index in [0.29, 0.717) is 5.16 Å². The summed E-state index contributed by atoms with van der Waals surface area (Å²) in [6, 6.07) is -0.218. The molecule has 0 saturated heterocycles. The predicted octanol–water partition coefficient (Wildman–Crippen LogP) is 1.89. The van der Waals surface area contributed by atoms with Crippen molar-refractivity contribution in [2.45, 2.75) is 43.0 Å². The maximum absolute atomic E-state index is 12.1. The van der Waals surface area contributed by atoms with Gasteiger partial charge in [0, 0.05) is 0 Å². The number of thioether (sulfide) groups is 1. The number of aliphatic hydroxyl groups is 1. The second kappa shape index (κ2) is 6.54. The molecule has 0 aliphatic heterocycles. The minimum atomic E-state index is -0.488. The lowest BCUT2D eigenvalue weighted by Gasteiger charge is -2.28. The molecule has 1 aromatic heterocycles. The molecule has 104 valence electrons. The van der Waals surface area contributed by atoms with Gasteiger partial charge in [0.2, 0.25) is 0 Å². The number of nitrogens with zero attached hydrogens (tertiary/aromatic N) is 2. The van der Waals surface area contributed by atoms with E-state index in [1.807, 2.05) is 6.26 Å². The molecule has 1 aromatic rings. The van der Waals surface area contributed by atoms with Gasteiger partial charge in [-0.05, 0) is 19.1 Å². The van der Waals surface area contributed by atoms with Crippen molar-refractivity contribution >= 4 is 29.3 Å². The number of carbonyl (C=O) groups excluding carboxylic acids is 1. The van der Waals surface area contributed by atoms with Gasteiger partial charge in [-0.3, -0.25) is 4.79 Å². The molecule has 0 bridgehead atoms. The fraction of sp³-hybridized carbons (Fsp3) is 0.583. The van der Waals surface area contributed by atoms with Crippen LogP contribution in [0.5, 0.6) is 0 Å². The maximum atomic E-state index is 12.1. The zero-order valence-electron chi connectivity index (χ0n) is 10.6. The normalized spacial score (nSPS) is 23.1. The van der Waals surface area contributed by atoms with Gasteiger partial charge in [-0.1, -0.05) is 36.2 Å². The van der Waals surface area contributed by atoms with E-state index in [-0.39, 0.29) is 22.7 Å². The number of amides is 1. The Morgan fingerprint density at radius 2 is 2.26 bits per heavy atom. The predicted molar refractivity (Wildman–Crippen MR) is 74.6 cm³/mol. The van der Waals surface area contributed by atoms with E-state index in [2.05, 4.69) is 15.3 Å². The van der Waals surface area contributed by atoms with Crippen LogP contribution in [0.25, 0.3) is 0 Å². The lowest BCUT2D eigenvalue weighted by Crippen LogP contribution is -2.45. The topological polar surface area (TPSA) is 75.1 Å². The first-order valence-electron chi connectivity index (χ1n) is 6.17. The summed E-state index contributed by atoms with van der Waals surface area (Å²) in [6.45, 7) is 0. The zero-order valence-corrected chi connectivity index (χ0v) is 12.2. The number of halogens is 1. The molecule has 19 heavy (non-hydrogen) atoms. The second-order valence-corrected chi connectivity index (χ2v) is 5.67. The fourth-order valence-corrected chi connectivity index (χ4v) is 2.64. The smallest absolute Gasteiger partial charge is 0.271 e. The van der Waals surface area contributed by atoms with Crippen molar-refractivity contribution in [3.05, 3.63) is 16.9 Å². The van der Waals surface area contributed by atoms with Gasteiger partial charge < -0.3 is 10.4 Å². The fourth-order valence-electron chi connectivity index (χ4n) is 2.12. The molecule has 2 rings (SSSR count). The molecule has 1 aliphatic carbocycles. The van der Waals surface area contributed by atoms with Crippen LogP contribution in [-0.2, 0) is 0 Å². The number of nitrogens with one attached hydrogen (secondary N) is 1. The highest BCUT2D eigenvalue weighted by Gasteiger charge is 2.26. The van der Waals surface area contributed by atoms with Crippen molar-refractivity contribution in [1.82, 2.24) is 15.3 Å².